The molecule has 0 aliphatic rings. The second-order valence-corrected chi connectivity index (χ2v) is 6.29. The number of aromatic hydroxyl groups is 1. The fourth-order valence-corrected chi connectivity index (χ4v) is 3.93. The lowest BCUT2D eigenvalue weighted by Crippen LogP contribution is -1.97. The third-order valence-electron chi connectivity index (χ3n) is 3.06. The normalized spacial score (nSPS) is 11.2. The Labute approximate surface area is 127 Å². The van der Waals surface area contributed by atoms with Crippen molar-refractivity contribution in [2.75, 3.05) is 7.11 Å². The van der Waals surface area contributed by atoms with Gasteiger partial charge >= 0.3 is 5.97 Å². The van der Waals surface area contributed by atoms with Crippen molar-refractivity contribution in [3.05, 3.63) is 33.2 Å². The van der Waals surface area contributed by atoms with Gasteiger partial charge in [-0.3, -0.25) is 4.98 Å². The van der Waals surface area contributed by atoms with Crippen LogP contribution in [-0.2, 0) is 4.74 Å². The molecule has 4 nitrogen and oxygen atoms in total. The third-order valence-corrected chi connectivity index (χ3v) is 4.88. The molecular weight excluding hydrogens is 342 g/mol. The second kappa shape index (κ2) is 4.71. The number of aryl methyl sites for hydroxylation is 1. The highest BCUT2D eigenvalue weighted by atomic mass is 79.9. The number of hydrogen-bond acceptors (Lipinski definition) is 5. The van der Waals surface area contributed by atoms with E-state index in [1.807, 2.05) is 19.1 Å². The van der Waals surface area contributed by atoms with Gasteiger partial charge in [-0.2, -0.15) is 0 Å². The maximum Gasteiger partial charge on any atom is 0.351 e. The number of hydrogen-bond donors (Lipinski definition) is 1. The Morgan fingerprint density at radius 2 is 2.15 bits per heavy atom. The van der Waals surface area contributed by atoms with E-state index >= 15 is 0 Å². The van der Waals surface area contributed by atoms with E-state index in [1.165, 1.54) is 18.4 Å². The SMILES string of the molecule is COC(=O)c1sc2c(cnc3c(Br)cc(C)cc32)c1O. The molecule has 0 saturated carbocycles. The average molecular weight is 352 g/mol. The van der Waals surface area contributed by atoms with E-state index in [-0.39, 0.29) is 10.6 Å². The van der Waals surface area contributed by atoms with Crippen molar-refractivity contribution < 1.29 is 14.6 Å². The van der Waals surface area contributed by atoms with Crippen molar-refractivity contribution in [1.82, 2.24) is 4.98 Å². The van der Waals surface area contributed by atoms with Gasteiger partial charge in [0, 0.05) is 16.1 Å². The summed E-state index contributed by atoms with van der Waals surface area (Å²) in [6.45, 7) is 1.98. The zero-order valence-electron chi connectivity index (χ0n) is 10.7. The van der Waals surface area contributed by atoms with Crippen molar-refractivity contribution in [2.45, 2.75) is 6.92 Å². The van der Waals surface area contributed by atoms with Gasteiger partial charge < -0.3 is 9.84 Å². The van der Waals surface area contributed by atoms with Crippen LogP contribution in [0.5, 0.6) is 5.75 Å². The Morgan fingerprint density at radius 3 is 2.85 bits per heavy atom. The summed E-state index contributed by atoms with van der Waals surface area (Å²) in [4.78, 5) is 16.2. The van der Waals surface area contributed by atoms with Crippen molar-refractivity contribution in [1.29, 1.82) is 0 Å². The van der Waals surface area contributed by atoms with Gasteiger partial charge in [-0.15, -0.1) is 11.3 Å². The summed E-state index contributed by atoms with van der Waals surface area (Å²) in [5.41, 5.74) is 1.88. The number of carbonyl (C=O) groups excluding carboxylic acids is 1. The van der Waals surface area contributed by atoms with Gasteiger partial charge in [-0.05, 0) is 40.5 Å². The number of methoxy groups -OCH3 is 1. The summed E-state index contributed by atoms with van der Waals surface area (Å²) in [5.74, 6) is -0.604. The summed E-state index contributed by atoms with van der Waals surface area (Å²) in [6.07, 6.45) is 1.58. The summed E-state index contributed by atoms with van der Waals surface area (Å²) < 4.78 is 6.41. The fourth-order valence-electron chi connectivity index (χ4n) is 2.15. The molecule has 1 aromatic carbocycles. The van der Waals surface area contributed by atoms with Crippen LogP contribution < -0.4 is 0 Å². The molecule has 0 bridgehead atoms. The molecule has 102 valence electrons. The molecule has 2 heterocycles. The van der Waals surface area contributed by atoms with Crippen LogP contribution in [0, 0.1) is 6.92 Å². The summed E-state index contributed by atoms with van der Waals surface area (Å²) in [7, 11) is 1.29. The highest BCUT2D eigenvalue weighted by molar-refractivity contribution is 9.10. The highest BCUT2D eigenvalue weighted by Gasteiger charge is 2.20. The molecule has 0 amide bonds. The lowest BCUT2D eigenvalue weighted by atomic mass is 10.1. The van der Waals surface area contributed by atoms with E-state index in [1.54, 1.807) is 6.20 Å². The molecule has 6 heteroatoms. The van der Waals surface area contributed by atoms with Crippen molar-refractivity contribution >= 4 is 54.2 Å². The van der Waals surface area contributed by atoms with E-state index in [4.69, 9.17) is 0 Å². The molecule has 2 aromatic heterocycles. The minimum atomic E-state index is -0.538. The topological polar surface area (TPSA) is 59.4 Å². The number of aromatic nitrogens is 1. The maximum atomic E-state index is 11.7. The lowest BCUT2D eigenvalue weighted by molar-refractivity contribution is 0.0603. The van der Waals surface area contributed by atoms with Gasteiger partial charge in [0.05, 0.1) is 22.7 Å². The number of fused-ring (bicyclic) bond motifs is 3. The molecule has 0 atom stereocenters. The lowest BCUT2D eigenvalue weighted by Gasteiger charge is -2.03. The first-order valence-electron chi connectivity index (χ1n) is 5.81. The number of pyridine rings is 1. The predicted molar refractivity (Wildman–Crippen MR) is 82.6 cm³/mol. The third kappa shape index (κ3) is 1.87. The Kier molecular flexibility index (Phi) is 3.14. The number of thiophene rings is 1. The van der Waals surface area contributed by atoms with Crippen LogP contribution >= 0.6 is 27.3 Å². The van der Waals surface area contributed by atoms with Gasteiger partial charge in [-0.1, -0.05) is 0 Å². The van der Waals surface area contributed by atoms with Crippen LogP contribution in [0.25, 0.3) is 21.0 Å². The second-order valence-electron chi connectivity index (χ2n) is 4.42. The summed E-state index contributed by atoms with van der Waals surface area (Å²) in [5, 5.41) is 11.6. The van der Waals surface area contributed by atoms with Crippen LogP contribution in [0.1, 0.15) is 15.2 Å². The molecule has 0 radical (unpaired) electrons. The standard InChI is InChI=1S/C14H10BrNO3S/c1-6-3-7-10(9(15)4-6)16-5-8-11(17)13(14(18)19-2)20-12(7)8/h3-5,17H,1-2H3. The fraction of sp³-hybridized carbons (Fsp3) is 0.143. The molecule has 20 heavy (non-hydrogen) atoms. The number of carbonyl (C=O) groups is 1. The Morgan fingerprint density at radius 1 is 1.40 bits per heavy atom. The molecule has 0 aliphatic carbocycles. The van der Waals surface area contributed by atoms with Gasteiger partial charge in [-0.25, -0.2) is 4.79 Å². The Bertz CT molecular complexity index is 857. The van der Waals surface area contributed by atoms with Crippen molar-refractivity contribution in [2.24, 2.45) is 0 Å². The molecule has 0 aliphatic heterocycles. The first-order valence-corrected chi connectivity index (χ1v) is 7.42. The average Bonchev–Trinajstić information content (AvgIpc) is 2.76. The number of halogens is 1. The predicted octanol–water partition coefficient (Wildman–Crippen LogP) is 4.01. The molecule has 0 saturated heterocycles. The largest absolute Gasteiger partial charge is 0.505 e. The molecule has 0 fully saturated rings. The number of nitrogens with zero attached hydrogens (tertiary/aromatic N) is 1. The van der Waals surface area contributed by atoms with Crippen molar-refractivity contribution in [3.8, 4) is 5.75 Å². The minimum Gasteiger partial charge on any atom is -0.505 e. The Hall–Kier alpha value is -1.66. The number of benzene rings is 1. The monoisotopic (exact) mass is 351 g/mol. The molecule has 0 unspecified atom stereocenters. The van der Waals surface area contributed by atoms with Gasteiger partial charge in [0.15, 0.2) is 4.88 Å². The van der Waals surface area contributed by atoms with Gasteiger partial charge in [0.25, 0.3) is 0 Å². The van der Waals surface area contributed by atoms with E-state index in [0.717, 1.165) is 25.6 Å². The highest BCUT2D eigenvalue weighted by Crippen LogP contribution is 2.41. The molecule has 1 N–H and O–H groups in total. The quantitative estimate of drug-likeness (QED) is 0.672. The van der Waals surface area contributed by atoms with Gasteiger partial charge in [0.2, 0.25) is 0 Å². The molecule has 0 spiro atoms. The number of esters is 1. The van der Waals surface area contributed by atoms with E-state index < -0.39 is 5.97 Å². The van der Waals surface area contributed by atoms with E-state index in [2.05, 4.69) is 25.7 Å². The van der Waals surface area contributed by atoms with Crippen LogP contribution in [0.15, 0.2) is 22.8 Å². The summed E-state index contributed by atoms with van der Waals surface area (Å²) in [6, 6.07) is 3.97. The van der Waals surface area contributed by atoms with Crippen LogP contribution in [0.4, 0.5) is 0 Å². The van der Waals surface area contributed by atoms with Crippen molar-refractivity contribution in [3.63, 3.8) is 0 Å². The zero-order chi connectivity index (χ0) is 14.4. The molecule has 3 rings (SSSR count). The van der Waals surface area contributed by atoms with E-state index in [9.17, 15) is 9.90 Å². The Balaban J connectivity index is 2.45. The van der Waals surface area contributed by atoms with Gasteiger partial charge in [0.1, 0.15) is 5.75 Å². The number of rotatable bonds is 1. The van der Waals surface area contributed by atoms with Crippen LogP contribution in [-0.4, -0.2) is 23.2 Å². The first-order chi connectivity index (χ1) is 9.52. The molecule has 3 aromatic rings. The number of ether oxygens (including phenoxy) is 1. The first kappa shape index (κ1) is 13.3. The smallest absolute Gasteiger partial charge is 0.351 e. The molecular formula is C14H10BrNO3S. The van der Waals surface area contributed by atoms with Crippen LogP contribution in [0.3, 0.4) is 0 Å². The maximum absolute atomic E-state index is 11.7. The van der Waals surface area contributed by atoms with Crippen LogP contribution in [0.2, 0.25) is 0 Å². The zero-order valence-corrected chi connectivity index (χ0v) is 13.1. The van der Waals surface area contributed by atoms with E-state index in [0.29, 0.717) is 5.39 Å². The summed E-state index contributed by atoms with van der Waals surface area (Å²) >= 11 is 4.71. The minimum absolute atomic E-state index is 0.0659.